The molecule has 0 aliphatic heterocycles. The number of hydrogen-bond donors (Lipinski definition) is 0. The van der Waals surface area contributed by atoms with E-state index in [4.69, 9.17) is 0 Å². The van der Waals surface area contributed by atoms with Gasteiger partial charge in [-0.3, -0.25) is 0 Å². The highest BCUT2D eigenvalue weighted by molar-refractivity contribution is 7.97. The van der Waals surface area contributed by atoms with Gasteiger partial charge in [0.2, 0.25) is 17.5 Å². The normalized spacial score (nSPS) is 11.6. The first-order valence-corrected chi connectivity index (χ1v) is 37.9. The van der Waals surface area contributed by atoms with Gasteiger partial charge in [-0.15, -0.1) is 0 Å². The third kappa shape index (κ3) is 19.2. The van der Waals surface area contributed by atoms with Crippen molar-refractivity contribution in [3.05, 3.63) is 333 Å². The first-order chi connectivity index (χ1) is 47.8. The second kappa shape index (κ2) is 33.3. The molecule has 0 spiro atoms. The summed E-state index contributed by atoms with van der Waals surface area (Å²) in [6.45, 7) is 8.63. The monoisotopic (exact) mass is 1630 g/mol. The Morgan fingerprint density at radius 2 is 0.392 bits per heavy atom. The van der Waals surface area contributed by atoms with Crippen LogP contribution in [0.15, 0.2) is 238 Å². The second-order valence-electron chi connectivity index (χ2n) is 21.9. The molecule has 0 amide bonds. The Bertz CT molecular complexity index is 4640. The average molecular weight is 1630 g/mol. The van der Waals surface area contributed by atoms with Crippen molar-refractivity contribution in [2.75, 3.05) is 0 Å². The van der Waals surface area contributed by atoms with E-state index in [0.717, 1.165) is 12.8 Å². The van der Waals surface area contributed by atoms with Crippen LogP contribution in [0.5, 0.6) is 0 Å². The van der Waals surface area contributed by atoms with E-state index in [0.29, 0.717) is 0 Å². The Balaban J connectivity index is 0.000000235. The zero-order chi connectivity index (χ0) is 75.0. The molecule has 9 nitrogen and oxygen atoms in total. The highest BCUT2D eigenvalue weighted by Gasteiger charge is 2.34. The molecule has 0 saturated carbocycles. The van der Waals surface area contributed by atoms with E-state index >= 15 is 0 Å². The van der Waals surface area contributed by atoms with Gasteiger partial charge in [0.05, 0.1) is 21.8 Å². The lowest BCUT2D eigenvalue weighted by molar-refractivity contribution is -0.597. The zero-order valence-corrected chi connectivity index (χ0v) is 58.9. The molecule has 0 N–H and O–H groups in total. The smallest absolute Gasteiger partial charge is 0.357 e. The van der Waals surface area contributed by atoms with Gasteiger partial charge < -0.3 is 13.7 Å². The van der Waals surface area contributed by atoms with Crippen molar-refractivity contribution in [3.63, 3.8) is 0 Å². The molecule has 11 aromatic rings. The summed E-state index contributed by atoms with van der Waals surface area (Å²) >= 11 is -0.239. The van der Waals surface area contributed by atoms with E-state index in [1.807, 2.05) is 0 Å². The van der Waals surface area contributed by atoms with Crippen LogP contribution >= 0.6 is 0 Å². The summed E-state index contributed by atoms with van der Waals surface area (Å²) in [4.78, 5) is 1.02. The van der Waals surface area contributed by atoms with Crippen molar-refractivity contribution < 1.29 is 126 Å². The molecule has 532 valence electrons. The standard InChI is InChI=1S/C54H48IS2.3C6HF5O3S/c1-39-5-25-49(26-6-39)56(50-27-7-40(2)8-28-50)53-33-17-45(18-34-53)37-43-13-21-47(22-14-43)55-48-23-15-44(16-24-48)38-46-19-35-54(36-20-46)57(51-29-9-41(3)10-30-51)52-31-11-42(4)12-32-52;3*7-1-2(8)4(10)6(15(12,13)14)5(11)3(1)9/h5-36H,37-38H2,1-4H3;3*(H,12,13,14)/q+3;;;/p-3. The first kappa shape index (κ1) is 79.2. The van der Waals surface area contributed by atoms with Crippen LogP contribution in [0.4, 0.5) is 65.9 Å². The summed E-state index contributed by atoms with van der Waals surface area (Å²) in [6.07, 6.45) is 1.88. The van der Waals surface area contributed by atoms with Crippen LogP contribution in [0.25, 0.3) is 0 Å². The fraction of sp³-hybridized carbons (Fsp3) is 0.0833. The fourth-order valence-corrected chi connectivity index (χ4v) is 17.4. The fourth-order valence-electron chi connectivity index (χ4n) is 9.34. The minimum Gasteiger partial charge on any atom is -0.744 e. The minimum atomic E-state index is -5.77. The van der Waals surface area contributed by atoms with Crippen LogP contribution < -0.4 is 21.2 Å². The maximum Gasteiger partial charge on any atom is 0.357 e. The van der Waals surface area contributed by atoms with Gasteiger partial charge in [0, 0.05) is 0 Å². The quantitative estimate of drug-likeness (QED) is 0.0242. The molecule has 30 heteroatoms. The summed E-state index contributed by atoms with van der Waals surface area (Å²) in [5.74, 6) is -38.5. The maximum atomic E-state index is 12.6. The van der Waals surface area contributed by atoms with Crippen LogP contribution in [-0.2, 0) is 65.0 Å². The molecule has 0 unspecified atom stereocenters. The molecular weight excluding hydrogens is 1580 g/mol. The topological polar surface area (TPSA) is 172 Å². The SMILES string of the molecule is Cc1ccc([S+](c2ccc(C)cc2)c2ccc(Cc3ccc([I+]c4ccc(Cc5ccc([S+](c6ccc(C)cc6)c6ccc(C)cc6)cc5)cc4)cc3)cc2)cc1.O=S(=O)([O-])c1c(F)c(F)c(F)c(F)c1F.O=S(=O)([O-])c1c(F)c(F)c(F)c(F)c1F.O=S(=O)([O-])c1c(F)c(F)c(F)c(F)c1F. The minimum absolute atomic E-state index is 0.133. The summed E-state index contributed by atoms with van der Waals surface area (Å²) in [5, 5.41) is 0. The second-order valence-corrected chi connectivity index (χ2v) is 32.9. The third-order valence-electron chi connectivity index (χ3n) is 14.5. The van der Waals surface area contributed by atoms with Crippen molar-refractivity contribution in [1.29, 1.82) is 0 Å². The number of halogens is 16. The summed E-state index contributed by atoms with van der Waals surface area (Å²) < 4.78 is 282. The van der Waals surface area contributed by atoms with Gasteiger partial charge in [0.1, 0.15) is 45.0 Å². The molecule has 0 aliphatic carbocycles. The Labute approximate surface area is 591 Å². The van der Waals surface area contributed by atoms with E-state index in [-0.39, 0.29) is 43.0 Å². The van der Waals surface area contributed by atoms with Crippen molar-refractivity contribution in [1.82, 2.24) is 0 Å². The van der Waals surface area contributed by atoms with Gasteiger partial charge in [-0.05, 0) is 160 Å². The Kier molecular flexibility index (Phi) is 25.9. The van der Waals surface area contributed by atoms with Gasteiger partial charge in [0.25, 0.3) is 0 Å². The van der Waals surface area contributed by atoms with Crippen molar-refractivity contribution in [3.8, 4) is 0 Å². The molecule has 0 radical (unpaired) electrons. The van der Waals surface area contributed by atoms with E-state index in [1.54, 1.807) is 0 Å². The van der Waals surface area contributed by atoms with Gasteiger partial charge in [-0.1, -0.05) is 119 Å². The largest absolute Gasteiger partial charge is 0.744 e. The molecule has 11 aromatic carbocycles. The molecule has 102 heavy (non-hydrogen) atoms. The predicted molar refractivity (Wildman–Crippen MR) is 340 cm³/mol. The van der Waals surface area contributed by atoms with Gasteiger partial charge in [0.15, 0.2) is 106 Å². The van der Waals surface area contributed by atoms with Gasteiger partial charge in [-0.2, -0.15) is 0 Å². The highest BCUT2D eigenvalue weighted by Crippen LogP contribution is 2.35. The van der Waals surface area contributed by atoms with E-state index in [9.17, 15) is 105 Å². The lowest BCUT2D eigenvalue weighted by atomic mass is 10.1. The number of hydrogen-bond acceptors (Lipinski definition) is 9. The molecule has 0 heterocycles. The van der Waals surface area contributed by atoms with Crippen LogP contribution in [-0.4, -0.2) is 38.9 Å². The molecule has 0 aromatic heterocycles. The number of benzene rings is 11. The number of rotatable bonds is 15. The Morgan fingerprint density at radius 3 is 0.559 bits per heavy atom. The predicted octanol–water partition coefficient (Wildman–Crippen LogP) is 14.3. The van der Waals surface area contributed by atoms with E-state index in [2.05, 4.69) is 222 Å². The molecule has 0 bridgehead atoms. The first-order valence-electron chi connectivity index (χ1n) is 29.0. The van der Waals surface area contributed by atoms with Gasteiger partial charge in [-0.25, -0.2) is 91.1 Å². The van der Waals surface area contributed by atoms with E-state index < -0.39 is 132 Å². The van der Waals surface area contributed by atoms with Crippen molar-refractivity contribution in [2.24, 2.45) is 0 Å². The van der Waals surface area contributed by atoms with Crippen LogP contribution in [0.1, 0.15) is 44.5 Å². The zero-order valence-electron chi connectivity index (χ0n) is 52.7. The third-order valence-corrected chi connectivity index (χ3v) is 24.2. The summed E-state index contributed by atoms with van der Waals surface area (Å²) in [6, 6.07) is 73.5. The summed E-state index contributed by atoms with van der Waals surface area (Å²) in [7, 11) is -17.6. The average Bonchev–Trinajstić information content (AvgIpc) is 0.786. The Hall–Kier alpha value is -8.47. The van der Waals surface area contributed by atoms with Crippen LogP contribution in [0, 0.1) is 122 Å². The lowest BCUT2D eigenvalue weighted by Crippen LogP contribution is -3.61. The molecule has 0 atom stereocenters. The van der Waals surface area contributed by atoms with Crippen molar-refractivity contribution in [2.45, 2.75) is 84.6 Å². The molecular formula is C72H48F15IO9S5. The van der Waals surface area contributed by atoms with Crippen LogP contribution in [0.2, 0.25) is 0 Å². The van der Waals surface area contributed by atoms with Crippen LogP contribution in [0.3, 0.4) is 0 Å². The molecule has 11 rings (SSSR count). The number of aryl methyl sites for hydroxylation is 4. The van der Waals surface area contributed by atoms with Gasteiger partial charge >= 0.3 is 21.2 Å². The molecule has 0 saturated heterocycles. The molecule has 0 aliphatic rings. The Morgan fingerprint density at radius 1 is 0.245 bits per heavy atom. The van der Waals surface area contributed by atoms with Crippen molar-refractivity contribution >= 4 is 52.1 Å². The molecule has 0 fully saturated rings. The summed E-state index contributed by atoms with van der Waals surface area (Å²) in [5.41, 5.74) is 10.6. The maximum absolute atomic E-state index is 12.6. The van der Waals surface area contributed by atoms with E-state index in [1.165, 1.54) is 81.0 Å². The highest BCUT2D eigenvalue weighted by atomic mass is 127. The lowest BCUT2D eigenvalue weighted by Gasteiger charge is -2.10.